The van der Waals surface area contributed by atoms with E-state index in [0.29, 0.717) is 28.1 Å². The molecule has 1 amide bonds. The molecule has 18 heteroatoms. The highest BCUT2D eigenvalue weighted by atomic mass is 32.2. The van der Waals surface area contributed by atoms with Gasteiger partial charge in [-0.05, 0) is 36.4 Å². The Labute approximate surface area is 276 Å². The highest BCUT2D eigenvalue weighted by Crippen LogP contribution is 2.52. The first kappa shape index (κ1) is 34.1. The average molecular weight is 711 g/mol. The molecule has 0 radical (unpaired) electrons. The number of hydrogen-bond donors (Lipinski definition) is 2. The summed E-state index contributed by atoms with van der Waals surface area (Å²) >= 11 is 1.14. The van der Waals surface area contributed by atoms with Gasteiger partial charge in [0.15, 0.2) is 11.0 Å². The van der Waals surface area contributed by atoms with Crippen molar-refractivity contribution in [3.05, 3.63) is 82.4 Å². The number of thioether (sulfide) groups is 1. The second-order valence-electron chi connectivity index (χ2n) is 11.4. The first-order chi connectivity index (χ1) is 23.1. The quantitative estimate of drug-likeness (QED) is 0.0980. The zero-order valence-corrected chi connectivity index (χ0v) is 26.4. The number of aryl methyl sites for hydroxylation is 1. The third-order valence-electron chi connectivity index (χ3n) is 8.13. The molecule has 0 aliphatic heterocycles. The smallest absolute Gasteiger partial charge is 0.290 e. The van der Waals surface area contributed by atoms with Crippen molar-refractivity contribution in [1.82, 2.24) is 34.8 Å². The standard InChI is InChI=1S/C31H26F8N8OS/c1-46-25-17(4-3-5-18(25)28(40)45-46)19-12-41-29(49-2)43-23(19)20(10-14-8-15(32)11-16(33)9-14)42-21(48)13-47-26-22(24(44-47)27(34)35)30(36,37)6-7-31(26,38)39/h3-5,8-9,11-12,20,27H,6-7,10,13H2,1-2H3,(H2,40,45)(H,42,48). The number of amides is 1. The van der Waals surface area contributed by atoms with Crippen LogP contribution in [0.15, 0.2) is 47.8 Å². The van der Waals surface area contributed by atoms with Gasteiger partial charge in [-0.1, -0.05) is 23.9 Å². The molecule has 1 unspecified atom stereocenters. The van der Waals surface area contributed by atoms with Crippen molar-refractivity contribution in [2.24, 2.45) is 7.05 Å². The number of aromatic nitrogens is 6. The Kier molecular flexibility index (Phi) is 8.79. The molecule has 6 rings (SSSR count). The van der Waals surface area contributed by atoms with E-state index in [1.165, 1.54) is 10.9 Å². The molecule has 5 aromatic rings. The van der Waals surface area contributed by atoms with E-state index >= 15 is 8.78 Å². The van der Waals surface area contributed by atoms with Gasteiger partial charge in [-0.25, -0.2) is 36.3 Å². The summed E-state index contributed by atoms with van der Waals surface area (Å²) < 4.78 is 117. The van der Waals surface area contributed by atoms with Gasteiger partial charge >= 0.3 is 0 Å². The minimum atomic E-state index is -4.04. The van der Waals surface area contributed by atoms with E-state index in [1.807, 2.05) is 0 Å². The van der Waals surface area contributed by atoms with Crippen LogP contribution < -0.4 is 11.1 Å². The maximum atomic E-state index is 15.0. The summed E-state index contributed by atoms with van der Waals surface area (Å²) in [6.07, 6.45) is -3.56. The van der Waals surface area contributed by atoms with E-state index in [9.17, 15) is 31.1 Å². The molecule has 3 aromatic heterocycles. The van der Waals surface area contributed by atoms with Crippen LogP contribution in [0.4, 0.5) is 40.9 Å². The topological polar surface area (TPSA) is 117 Å². The van der Waals surface area contributed by atoms with Gasteiger partial charge in [-0.2, -0.15) is 19.0 Å². The van der Waals surface area contributed by atoms with E-state index in [2.05, 4.69) is 25.5 Å². The van der Waals surface area contributed by atoms with Crippen LogP contribution >= 0.6 is 11.8 Å². The molecule has 3 N–H and O–H groups in total. The van der Waals surface area contributed by atoms with Gasteiger partial charge in [-0.15, -0.1) is 0 Å². The first-order valence-corrected chi connectivity index (χ1v) is 15.8. The molecular formula is C31H26F8N8OS. The number of anilines is 1. The van der Waals surface area contributed by atoms with Crippen molar-refractivity contribution in [3.8, 4) is 11.1 Å². The summed E-state index contributed by atoms with van der Waals surface area (Å²) in [6, 6.07) is 6.53. The fourth-order valence-electron chi connectivity index (χ4n) is 6.13. The number of para-hydroxylation sites is 1. The van der Waals surface area contributed by atoms with Crippen LogP contribution in [0.2, 0.25) is 0 Å². The Morgan fingerprint density at radius 3 is 2.39 bits per heavy atom. The molecule has 49 heavy (non-hydrogen) atoms. The number of nitrogen functional groups attached to an aromatic ring is 1. The number of fused-ring (bicyclic) bond motifs is 2. The molecule has 1 atom stereocenters. The van der Waals surface area contributed by atoms with E-state index in [0.717, 1.165) is 23.9 Å². The van der Waals surface area contributed by atoms with Crippen molar-refractivity contribution in [1.29, 1.82) is 0 Å². The minimum absolute atomic E-state index is 0.0590. The lowest BCUT2D eigenvalue weighted by Gasteiger charge is -2.29. The van der Waals surface area contributed by atoms with E-state index in [1.54, 1.807) is 31.5 Å². The number of halogens is 8. The second kappa shape index (κ2) is 12.6. The van der Waals surface area contributed by atoms with Crippen LogP contribution in [0.5, 0.6) is 0 Å². The van der Waals surface area contributed by atoms with Crippen LogP contribution in [0.25, 0.3) is 22.0 Å². The number of nitrogens with zero attached hydrogens (tertiary/aromatic N) is 6. The molecule has 9 nitrogen and oxygen atoms in total. The van der Waals surface area contributed by atoms with Crippen LogP contribution in [-0.4, -0.2) is 41.7 Å². The van der Waals surface area contributed by atoms with Crippen LogP contribution in [-0.2, 0) is 36.7 Å². The third kappa shape index (κ3) is 6.40. The van der Waals surface area contributed by atoms with Gasteiger partial charge in [0.05, 0.1) is 22.8 Å². The minimum Gasteiger partial charge on any atom is -0.382 e. The van der Waals surface area contributed by atoms with Gasteiger partial charge in [0, 0.05) is 48.7 Å². The van der Waals surface area contributed by atoms with E-state index in [-0.39, 0.29) is 33.3 Å². The lowest BCUT2D eigenvalue weighted by atomic mass is 9.89. The van der Waals surface area contributed by atoms with Crippen molar-refractivity contribution >= 4 is 34.4 Å². The summed E-state index contributed by atoms with van der Waals surface area (Å²) in [5.74, 6) is -10.8. The van der Waals surface area contributed by atoms with Gasteiger partial charge < -0.3 is 11.1 Å². The molecule has 258 valence electrons. The van der Waals surface area contributed by atoms with Gasteiger partial charge in [-0.3, -0.25) is 14.2 Å². The zero-order valence-electron chi connectivity index (χ0n) is 25.6. The van der Waals surface area contributed by atoms with E-state index in [4.69, 9.17) is 5.73 Å². The normalized spacial score (nSPS) is 15.8. The van der Waals surface area contributed by atoms with Gasteiger partial charge in [0.25, 0.3) is 18.3 Å². The lowest BCUT2D eigenvalue weighted by molar-refractivity contribution is -0.123. The predicted octanol–water partition coefficient (Wildman–Crippen LogP) is 6.82. The summed E-state index contributed by atoms with van der Waals surface area (Å²) in [7, 11) is 1.64. The molecule has 0 saturated heterocycles. The number of nitrogens with two attached hydrogens (primary N) is 1. The summed E-state index contributed by atoms with van der Waals surface area (Å²) in [5, 5.41) is 11.0. The largest absolute Gasteiger partial charge is 0.382 e. The number of benzene rings is 2. The first-order valence-electron chi connectivity index (χ1n) is 14.6. The fourth-order valence-corrected chi connectivity index (χ4v) is 6.47. The Bertz CT molecular complexity index is 2060. The molecular weight excluding hydrogens is 684 g/mol. The van der Waals surface area contributed by atoms with Gasteiger partial charge in [0.1, 0.15) is 29.6 Å². The number of hydrogen-bond acceptors (Lipinski definition) is 7. The number of carbonyl (C=O) groups excluding carboxylic acids is 1. The van der Waals surface area contributed by atoms with Crippen molar-refractivity contribution in [2.45, 2.75) is 55.3 Å². The van der Waals surface area contributed by atoms with Crippen LogP contribution in [0.3, 0.4) is 0 Å². The van der Waals surface area contributed by atoms with E-state index < -0.39 is 78.2 Å². The van der Waals surface area contributed by atoms with Crippen LogP contribution in [0, 0.1) is 11.6 Å². The molecule has 0 saturated carbocycles. The number of nitrogens with one attached hydrogen (secondary N) is 1. The molecule has 0 bridgehead atoms. The number of alkyl halides is 6. The monoisotopic (exact) mass is 710 g/mol. The highest BCUT2D eigenvalue weighted by molar-refractivity contribution is 7.98. The molecule has 0 fully saturated rings. The molecule has 1 aliphatic carbocycles. The SMILES string of the molecule is CSc1ncc(-c2cccc3c(N)nn(C)c23)c(C(Cc2cc(F)cc(F)c2)NC(=O)Cn2nc(C(F)F)c3c2C(F)(F)CCC3(F)F)n1. The summed E-state index contributed by atoms with van der Waals surface area (Å²) in [5.41, 5.74) is 3.02. The molecule has 1 aliphatic rings. The zero-order chi connectivity index (χ0) is 35.4. The van der Waals surface area contributed by atoms with Crippen LogP contribution in [0.1, 0.15) is 53.5 Å². The lowest BCUT2D eigenvalue weighted by Crippen LogP contribution is -2.37. The molecule has 0 spiro atoms. The number of rotatable bonds is 9. The van der Waals surface area contributed by atoms with Crippen molar-refractivity contribution in [2.75, 3.05) is 12.0 Å². The summed E-state index contributed by atoms with van der Waals surface area (Å²) in [4.78, 5) is 22.6. The van der Waals surface area contributed by atoms with Crippen molar-refractivity contribution < 1.29 is 39.9 Å². The average Bonchev–Trinajstić information content (AvgIpc) is 3.57. The predicted molar refractivity (Wildman–Crippen MR) is 163 cm³/mol. The van der Waals surface area contributed by atoms with Crippen molar-refractivity contribution in [3.63, 3.8) is 0 Å². The highest BCUT2D eigenvalue weighted by Gasteiger charge is 2.55. The fraction of sp³-hybridized carbons (Fsp3) is 0.323. The Balaban J connectivity index is 1.47. The second-order valence-corrected chi connectivity index (χ2v) is 12.2. The molecule has 3 heterocycles. The number of carbonyl (C=O) groups is 1. The Morgan fingerprint density at radius 1 is 1.02 bits per heavy atom. The maximum Gasteiger partial charge on any atom is 0.290 e. The summed E-state index contributed by atoms with van der Waals surface area (Å²) in [6.45, 7) is -1.17. The Hall–Kier alpha value is -4.74. The Morgan fingerprint density at radius 2 is 1.71 bits per heavy atom. The van der Waals surface area contributed by atoms with Gasteiger partial charge in [0.2, 0.25) is 5.91 Å². The third-order valence-corrected chi connectivity index (χ3v) is 8.70. The molecule has 2 aromatic carbocycles. The maximum absolute atomic E-state index is 15.0.